The van der Waals surface area contributed by atoms with E-state index in [0.717, 1.165) is 11.1 Å². The van der Waals surface area contributed by atoms with E-state index in [-0.39, 0.29) is 23.2 Å². The fraction of sp³-hybridized carbons (Fsp3) is 0.190. The van der Waals surface area contributed by atoms with E-state index >= 15 is 0 Å². The second-order valence-electron chi connectivity index (χ2n) is 5.97. The number of hydrogen-bond donors (Lipinski definition) is 2. The van der Waals surface area contributed by atoms with E-state index in [1.54, 1.807) is 30.3 Å². The largest absolute Gasteiger partial charge is 0.508 e. The molecule has 0 aromatic heterocycles. The SMILES string of the molecule is C=C(C)[C@H](C)c1cc(/C=C/C(=O)c2ccc(O)cc2)c(OC)cc1O. The molecule has 130 valence electrons. The van der Waals surface area contributed by atoms with E-state index in [4.69, 9.17) is 4.74 Å². The number of hydrogen-bond acceptors (Lipinski definition) is 4. The number of methoxy groups -OCH3 is 1. The third-order valence-corrected chi connectivity index (χ3v) is 4.15. The number of carbonyl (C=O) groups excluding carboxylic acids is 1. The van der Waals surface area contributed by atoms with Crippen molar-refractivity contribution in [3.05, 3.63) is 71.3 Å². The molecule has 2 aromatic rings. The standard InChI is InChI=1S/C21H22O4/c1-13(2)14(3)18-11-16(21(25-4)12-20(18)24)7-10-19(23)15-5-8-17(22)9-6-15/h5-12,14,22,24H,1H2,2-4H3/b10-7+/t14-/m0/s1. The summed E-state index contributed by atoms with van der Waals surface area (Å²) in [5.74, 6) is 0.508. The molecule has 4 heteroatoms. The fourth-order valence-electron chi connectivity index (χ4n) is 2.41. The first-order chi connectivity index (χ1) is 11.8. The first-order valence-corrected chi connectivity index (χ1v) is 7.91. The number of phenolic OH excluding ortho intramolecular Hbond substituents is 2. The van der Waals surface area contributed by atoms with Gasteiger partial charge in [0.25, 0.3) is 0 Å². The predicted molar refractivity (Wildman–Crippen MR) is 99.4 cm³/mol. The Morgan fingerprint density at radius 3 is 2.40 bits per heavy atom. The zero-order valence-electron chi connectivity index (χ0n) is 14.6. The Bertz CT molecular complexity index is 817. The molecule has 0 heterocycles. The molecular weight excluding hydrogens is 316 g/mol. The van der Waals surface area contributed by atoms with Crippen LogP contribution in [0, 0.1) is 0 Å². The molecule has 25 heavy (non-hydrogen) atoms. The van der Waals surface area contributed by atoms with Gasteiger partial charge in [-0.15, -0.1) is 0 Å². The van der Waals surface area contributed by atoms with E-state index in [1.165, 1.54) is 25.3 Å². The van der Waals surface area contributed by atoms with Crippen molar-refractivity contribution >= 4 is 11.9 Å². The highest BCUT2D eigenvalue weighted by molar-refractivity contribution is 6.07. The van der Waals surface area contributed by atoms with Crippen LogP contribution in [0.3, 0.4) is 0 Å². The lowest BCUT2D eigenvalue weighted by Gasteiger charge is -2.16. The monoisotopic (exact) mass is 338 g/mol. The second-order valence-corrected chi connectivity index (χ2v) is 5.97. The summed E-state index contributed by atoms with van der Waals surface area (Å²) in [6.45, 7) is 7.79. The summed E-state index contributed by atoms with van der Waals surface area (Å²) in [5, 5.41) is 19.5. The van der Waals surface area contributed by atoms with Crippen LogP contribution in [0.5, 0.6) is 17.2 Å². The van der Waals surface area contributed by atoms with Gasteiger partial charge in [-0.1, -0.05) is 19.1 Å². The van der Waals surface area contributed by atoms with Crippen LogP contribution in [-0.2, 0) is 0 Å². The lowest BCUT2D eigenvalue weighted by atomic mass is 9.92. The van der Waals surface area contributed by atoms with E-state index in [1.807, 2.05) is 13.8 Å². The smallest absolute Gasteiger partial charge is 0.185 e. The van der Waals surface area contributed by atoms with E-state index in [0.29, 0.717) is 16.9 Å². The van der Waals surface area contributed by atoms with Gasteiger partial charge in [-0.25, -0.2) is 0 Å². The Kier molecular flexibility index (Phi) is 5.65. The molecule has 0 unspecified atom stereocenters. The number of rotatable bonds is 6. The van der Waals surface area contributed by atoms with Crippen molar-refractivity contribution in [2.45, 2.75) is 19.8 Å². The molecule has 0 spiro atoms. The van der Waals surface area contributed by atoms with Crippen LogP contribution >= 0.6 is 0 Å². The van der Waals surface area contributed by atoms with Crippen LogP contribution in [0.25, 0.3) is 6.08 Å². The molecule has 0 fully saturated rings. The van der Waals surface area contributed by atoms with Crippen molar-refractivity contribution in [1.29, 1.82) is 0 Å². The summed E-state index contributed by atoms with van der Waals surface area (Å²) >= 11 is 0. The molecule has 0 aliphatic carbocycles. The molecule has 2 rings (SSSR count). The van der Waals surface area contributed by atoms with Gasteiger partial charge in [0.15, 0.2) is 5.78 Å². The summed E-state index contributed by atoms with van der Waals surface area (Å²) in [6.07, 6.45) is 3.10. The van der Waals surface area contributed by atoms with Crippen molar-refractivity contribution in [1.82, 2.24) is 0 Å². The van der Waals surface area contributed by atoms with Crippen molar-refractivity contribution in [2.24, 2.45) is 0 Å². The molecule has 2 N–H and O–H groups in total. The number of benzene rings is 2. The molecule has 0 aliphatic rings. The molecule has 0 amide bonds. The average molecular weight is 338 g/mol. The molecule has 0 saturated carbocycles. The first-order valence-electron chi connectivity index (χ1n) is 7.91. The molecule has 1 atom stereocenters. The van der Waals surface area contributed by atoms with E-state index in [9.17, 15) is 15.0 Å². The molecule has 2 aromatic carbocycles. The molecular formula is C21H22O4. The minimum absolute atomic E-state index is 0.0224. The molecule has 0 bridgehead atoms. The third-order valence-electron chi connectivity index (χ3n) is 4.15. The number of ether oxygens (including phenoxy) is 1. The summed E-state index contributed by atoms with van der Waals surface area (Å²) in [6, 6.07) is 9.40. The molecule has 4 nitrogen and oxygen atoms in total. The predicted octanol–water partition coefficient (Wildman–Crippen LogP) is 4.68. The Morgan fingerprint density at radius 1 is 1.20 bits per heavy atom. The Balaban J connectivity index is 2.36. The van der Waals surface area contributed by atoms with Gasteiger partial charge in [0.05, 0.1) is 7.11 Å². The average Bonchev–Trinajstić information content (AvgIpc) is 2.59. The summed E-state index contributed by atoms with van der Waals surface area (Å²) in [4.78, 5) is 12.3. The third kappa shape index (κ3) is 4.29. The van der Waals surface area contributed by atoms with Gasteiger partial charge in [-0.3, -0.25) is 4.79 Å². The van der Waals surface area contributed by atoms with Crippen LogP contribution < -0.4 is 4.74 Å². The van der Waals surface area contributed by atoms with Gasteiger partial charge in [0.2, 0.25) is 0 Å². The molecule has 0 radical (unpaired) electrons. The summed E-state index contributed by atoms with van der Waals surface area (Å²) < 4.78 is 5.30. The quantitative estimate of drug-likeness (QED) is 0.456. The summed E-state index contributed by atoms with van der Waals surface area (Å²) in [5.41, 5.74) is 2.82. The first kappa shape index (κ1) is 18.3. The Hall–Kier alpha value is -3.01. The van der Waals surface area contributed by atoms with Crippen molar-refractivity contribution < 1.29 is 19.7 Å². The van der Waals surface area contributed by atoms with Crippen LogP contribution in [-0.4, -0.2) is 23.1 Å². The maximum absolute atomic E-state index is 12.3. The lowest BCUT2D eigenvalue weighted by Crippen LogP contribution is -1.98. The highest BCUT2D eigenvalue weighted by atomic mass is 16.5. The maximum atomic E-state index is 12.3. The van der Waals surface area contributed by atoms with E-state index in [2.05, 4.69) is 6.58 Å². The van der Waals surface area contributed by atoms with Crippen LogP contribution in [0.15, 0.2) is 54.6 Å². The fourth-order valence-corrected chi connectivity index (χ4v) is 2.41. The number of carbonyl (C=O) groups is 1. The van der Waals surface area contributed by atoms with Gasteiger partial charge < -0.3 is 14.9 Å². The van der Waals surface area contributed by atoms with Crippen molar-refractivity contribution in [2.75, 3.05) is 7.11 Å². The molecule has 0 saturated heterocycles. The van der Waals surface area contributed by atoms with Gasteiger partial charge in [-0.2, -0.15) is 0 Å². The maximum Gasteiger partial charge on any atom is 0.185 e. The van der Waals surface area contributed by atoms with Crippen LogP contribution in [0.4, 0.5) is 0 Å². The second kappa shape index (κ2) is 7.71. The minimum Gasteiger partial charge on any atom is -0.508 e. The topological polar surface area (TPSA) is 66.8 Å². The van der Waals surface area contributed by atoms with Crippen molar-refractivity contribution in [3.63, 3.8) is 0 Å². The highest BCUT2D eigenvalue weighted by Crippen LogP contribution is 2.36. The lowest BCUT2D eigenvalue weighted by molar-refractivity contribution is 0.104. The van der Waals surface area contributed by atoms with Crippen molar-refractivity contribution in [3.8, 4) is 17.2 Å². The van der Waals surface area contributed by atoms with Gasteiger partial charge >= 0.3 is 0 Å². The Morgan fingerprint density at radius 2 is 1.84 bits per heavy atom. The van der Waals surface area contributed by atoms with Gasteiger partial charge in [0.1, 0.15) is 17.2 Å². The zero-order valence-corrected chi connectivity index (χ0v) is 14.6. The van der Waals surface area contributed by atoms with E-state index < -0.39 is 0 Å². The van der Waals surface area contributed by atoms with Crippen LogP contribution in [0.1, 0.15) is 41.3 Å². The number of allylic oxidation sites excluding steroid dienone is 2. The number of ketones is 1. The van der Waals surface area contributed by atoms with Gasteiger partial charge in [0, 0.05) is 28.7 Å². The van der Waals surface area contributed by atoms with Crippen LogP contribution in [0.2, 0.25) is 0 Å². The minimum atomic E-state index is -0.190. The van der Waals surface area contributed by atoms with Gasteiger partial charge in [-0.05, 0) is 49.4 Å². The summed E-state index contributed by atoms with van der Waals surface area (Å²) in [7, 11) is 1.51. The normalized spacial score (nSPS) is 12.1. The zero-order chi connectivity index (χ0) is 18.6. The Labute approximate surface area is 147 Å². The number of aromatic hydroxyl groups is 2. The molecule has 0 aliphatic heterocycles. The highest BCUT2D eigenvalue weighted by Gasteiger charge is 2.15. The number of phenols is 2.